The van der Waals surface area contributed by atoms with Crippen molar-refractivity contribution in [3.05, 3.63) is 29.7 Å². The minimum atomic E-state index is -0.396. The van der Waals surface area contributed by atoms with Gasteiger partial charge in [0.2, 0.25) is 5.89 Å². The summed E-state index contributed by atoms with van der Waals surface area (Å²) in [6.07, 6.45) is 9.72. The molecule has 0 aliphatic heterocycles. The Labute approximate surface area is 124 Å². The van der Waals surface area contributed by atoms with Crippen LogP contribution in [0.1, 0.15) is 68.3 Å². The molecule has 2 heterocycles. The maximum absolute atomic E-state index is 6.17. The van der Waals surface area contributed by atoms with Crippen LogP contribution in [0.2, 0.25) is 0 Å². The second-order valence-electron chi connectivity index (χ2n) is 6.04. The van der Waals surface area contributed by atoms with Crippen LogP contribution in [0, 0.1) is 5.92 Å². The summed E-state index contributed by atoms with van der Waals surface area (Å²) in [6, 6.07) is -0.396. The number of rotatable bonds is 4. The molecule has 2 aromatic heterocycles. The van der Waals surface area contributed by atoms with E-state index in [4.69, 9.17) is 10.3 Å². The SMILES string of the molecule is CCC1CCC(c2noc(C(N)c3cnn(C)c3)n2)CC1. The van der Waals surface area contributed by atoms with Gasteiger partial charge in [-0.05, 0) is 31.6 Å². The molecule has 0 aromatic carbocycles. The van der Waals surface area contributed by atoms with Crippen LogP contribution >= 0.6 is 0 Å². The standard InChI is InChI=1S/C15H23N5O/c1-3-10-4-6-11(7-5-10)14-18-15(21-19-14)13(16)12-8-17-20(2)9-12/h8-11,13H,3-7,16H2,1-2H3. The van der Waals surface area contributed by atoms with E-state index in [0.29, 0.717) is 11.8 Å². The molecule has 0 radical (unpaired) electrons. The largest absolute Gasteiger partial charge is 0.337 e. The third-order valence-electron chi connectivity index (χ3n) is 4.60. The zero-order valence-electron chi connectivity index (χ0n) is 12.7. The summed E-state index contributed by atoms with van der Waals surface area (Å²) in [5.41, 5.74) is 7.06. The molecule has 0 saturated heterocycles. The van der Waals surface area contributed by atoms with E-state index in [2.05, 4.69) is 22.2 Å². The average molecular weight is 289 g/mol. The van der Waals surface area contributed by atoms with Gasteiger partial charge < -0.3 is 10.3 Å². The molecule has 0 bridgehead atoms. The van der Waals surface area contributed by atoms with Crippen molar-refractivity contribution in [2.75, 3.05) is 0 Å². The second-order valence-corrected chi connectivity index (χ2v) is 6.04. The van der Waals surface area contributed by atoms with Gasteiger partial charge in [0.25, 0.3) is 0 Å². The van der Waals surface area contributed by atoms with Crippen molar-refractivity contribution >= 4 is 0 Å². The molecule has 2 aromatic rings. The van der Waals surface area contributed by atoms with Crippen LogP contribution in [0.3, 0.4) is 0 Å². The van der Waals surface area contributed by atoms with Gasteiger partial charge in [-0.2, -0.15) is 10.1 Å². The lowest BCUT2D eigenvalue weighted by Crippen LogP contribution is -2.14. The van der Waals surface area contributed by atoms with Crippen LogP contribution < -0.4 is 5.73 Å². The molecule has 1 atom stereocenters. The fourth-order valence-corrected chi connectivity index (χ4v) is 3.11. The fourth-order valence-electron chi connectivity index (χ4n) is 3.11. The molecular formula is C15H23N5O. The fraction of sp³-hybridized carbons (Fsp3) is 0.667. The Kier molecular flexibility index (Phi) is 4.05. The van der Waals surface area contributed by atoms with Gasteiger partial charge in [-0.25, -0.2) is 0 Å². The average Bonchev–Trinajstić information content (AvgIpc) is 3.16. The molecule has 114 valence electrons. The summed E-state index contributed by atoms with van der Waals surface area (Å²) in [4.78, 5) is 4.53. The topological polar surface area (TPSA) is 82.8 Å². The van der Waals surface area contributed by atoms with E-state index in [-0.39, 0.29) is 0 Å². The first-order valence-electron chi connectivity index (χ1n) is 7.75. The van der Waals surface area contributed by atoms with Gasteiger partial charge in [0.05, 0.1) is 6.20 Å². The van der Waals surface area contributed by atoms with E-state index in [1.807, 2.05) is 13.2 Å². The molecule has 3 rings (SSSR count). The molecule has 0 spiro atoms. The minimum absolute atomic E-state index is 0.396. The molecule has 1 unspecified atom stereocenters. The molecule has 1 aliphatic carbocycles. The third kappa shape index (κ3) is 3.00. The van der Waals surface area contributed by atoms with Crippen LogP contribution in [-0.2, 0) is 7.05 Å². The quantitative estimate of drug-likeness (QED) is 0.935. The number of aryl methyl sites for hydroxylation is 1. The van der Waals surface area contributed by atoms with Crippen molar-refractivity contribution in [1.29, 1.82) is 0 Å². The molecule has 1 aliphatic rings. The first-order valence-corrected chi connectivity index (χ1v) is 7.75. The normalized spacial score (nSPS) is 24.1. The van der Waals surface area contributed by atoms with E-state index in [1.165, 1.54) is 19.3 Å². The van der Waals surface area contributed by atoms with Gasteiger partial charge in [0, 0.05) is 24.7 Å². The number of hydrogen-bond acceptors (Lipinski definition) is 5. The molecule has 1 fully saturated rings. The lowest BCUT2D eigenvalue weighted by molar-refractivity contribution is 0.302. The van der Waals surface area contributed by atoms with Crippen LogP contribution in [0.5, 0.6) is 0 Å². The van der Waals surface area contributed by atoms with Crippen molar-refractivity contribution < 1.29 is 4.52 Å². The lowest BCUT2D eigenvalue weighted by Gasteiger charge is -2.25. The summed E-state index contributed by atoms with van der Waals surface area (Å²) in [5, 5.41) is 8.28. The highest BCUT2D eigenvalue weighted by molar-refractivity contribution is 5.17. The number of hydrogen-bond donors (Lipinski definition) is 1. The smallest absolute Gasteiger partial charge is 0.248 e. The van der Waals surface area contributed by atoms with Crippen LogP contribution in [-0.4, -0.2) is 19.9 Å². The predicted octanol–water partition coefficient (Wildman–Crippen LogP) is 2.54. The monoisotopic (exact) mass is 289 g/mol. The highest BCUT2D eigenvalue weighted by Gasteiger charge is 2.26. The van der Waals surface area contributed by atoms with E-state index in [9.17, 15) is 0 Å². The van der Waals surface area contributed by atoms with Crippen molar-refractivity contribution in [2.45, 2.75) is 51.0 Å². The van der Waals surface area contributed by atoms with E-state index in [1.54, 1.807) is 10.9 Å². The number of nitrogens with zero attached hydrogens (tertiary/aromatic N) is 4. The van der Waals surface area contributed by atoms with Crippen LogP contribution in [0.4, 0.5) is 0 Å². The maximum atomic E-state index is 6.17. The number of aromatic nitrogens is 4. The summed E-state index contributed by atoms with van der Waals surface area (Å²) in [7, 11) is 1.86. The first-order chi connectivity index (χ1) is 10.2. The summed E-state index contributed by atoms with van der Waals surface area (Å²) in [6.45, 7) is 2.27. The van der Waals surface area contributed by atoms with Gasteiger partial charge in [0.1, 0.15) is 6.04 Å². The van der Waals surface area contributed by atoms with Crippen molar-refractivity contribution in [3.63, 3.8) is 0 Å². The molecule has 2 N–H and O–H groups in total. The van der Waals surface area contributed by atoms with E-state index < -0.39 is 6.04 Å². The predicted molar refractivity (Wildman–Crippen MR) is 78.5 cm³/mol. The van der Waals surface area contributed by atoms with Gasteiger partial charge in [-0.1, -0.05) is 18.5 Å². The van der Waals surface area contributed by atoms with Crippen LogP contribution in [0.25, 0.3) is 0 Å². The van der Waals surface area contributed by atoms with Gasteiger partial charge in [-0.3, -0.25) is 4.68 Å². The molecule has 21 heavy (non-hydrogen) atoms. The second kappa shape index (κ2) is 5.97. The zero-order chi connectivity index (χ0) is 14.8. The van der Waals surface area contributed by atoms with Gasteiger partial charge in [-0.15, -0.1) is 0 Å². The minimum Gasteiger partial charge on any atom is -0.337 e. The Morgan fingerprint density at radius 2 is 2.14 bits per heavy atom. The molecular weight excluding hydrogens is 266 g/mol. The summed E-state index contributed by atoms with van der Waals surface area (Å²) < 4.78 is 7.09. The third-order valence-corrected chi connectivity index (χ3v) is 4.60. The Morgan fingerprint density at radius 3 is 2.76 bits per heavy atom. The number of nitrogens with two attached hydrogens (primary N) is 1. The lowest BCUT2D eigenvalue weighted by atomic mass is 9.80. The molecule has 0 amide bonds. The van der Waals surface area contributed by atoms with Gasteiger partial charge >= 0.3 is 0 Å². The highest BCUT2D eigenvalue weighted by Crippen LogP contribution is 2.36. The van der Waals surface area contributed by atoms with Crippen molar-refractivity contribution in [3.8, 4) is 0 Å². The van der Waals surface area contributed by atoms with Gasteiger partial charge in [0.15, 0.2) is 5.82 Å². The zero-order valence-corrected chi connectivity index (χ0v) is 12.7. The Bertz CT molecular complexity index is 582. The summed E-state index contributed by atoms with van der Waals surface area (Å²) in [5.74, 6) is 2.59. The van der Waals surface area contributed by atoms with Crippen molar-refractivity contribution in [1.82, 2.24) is 19.9 Å². The Hall–Kier alpha value is -1.69. The van der Waals surface area contributed by atoms with Crippen molar-refractivity contribution in [2.24, 2.45) is 18.7 Å². The Balaban J connectivity index is 1.69. The van der Waals surface area contributed by atoms with E-state index >= 15 is 0 Å². The Morgan fingerprint density at radius 1 is 1.38 bits per heavy atom. The van der Waals surface area contributed by atoms with Crippen LogP contribution in [0.15, 0.2) is 16.9 Å². The van der Waals surface area contributed by atoms with E-state index in [0.717, 1.165) is 30.1 Å². The molecule has 6 nitrogen and oxygen atoms in total. The first kappa shape index (κ1) is 14.3. The molecule has 6 heteroatoms. The summed E-state index contributed by atoms with van der Waals surface area (Å²) >= 11 is 0. The highest BCUT2D eigenvalue weighted by atomic mass is 16.5. The maximum Gasteiger partial charge on any atom is 0.248 e. The molecule has 1 saturated carbocycles.